The second-order valence-electron chi connectivity index (χ2n) is 5.97. The van der Waals surface area contributed by atoms with E-state index in [1.54, 1.807) is 6.07 Å². The van der Waals surface area contributed by atoms with E-state index in [-0.39, 0.29) is 17.9 Å². The number of ether oxygens (including phenoxy) is 1. The molecule has 2 aliphatic heterocycles. The van der Waals surface area contributed by atoms with Gasteiger partial charge in [0.1, 0.15) is 0 Å². The first kappa shape index (κ1) is 15.5. The predicted octanol–water partition coefficient (Wildman–Crippen LogP) is 1.59. The molecule has 2 atom stereocenters. The first-order valence-electron chi connectivity index (χ1n) is 7.78. The van der Waals surface area contributed by atoms with E-state index in [1.807, 2.05) is 17.9 Å². The molecule has 0 spiro atoms. The van der Waals surface area contributed by atoms with Gasteiger partial charge in [-0.3, -0.25) is 4.79 Å². The first-order chi connectivity index (χ1) is 10.6. The van der Waals surface area contributed by atoms with Gasteiger partial charge in [0.25, 0.3) is 0 Å². The summed E-state index contributed by atoms with van der Waals surface area (Å²) in [6.07, 6.45) is 2.04. The number of morpholine rings is 1. The van der Waals surface area contributed by atoms with E-state index in [4.69, 9.17) is 16.3 Å². The molecule has 0 unspecified atom stereocenters. The standard InChI is InChI=1S/C15H21ClN4O2/c1-11-9-20(7-8-22-11)15(21)12-3-2-6-19(10-12)14-5-4-13(16)17-18-14/h4-5,11-12H,2-3,6-10H2,1H3/t11-,12-/m0/s1. The number of anilines is 1. The van der Waals surface area contributed by atoms with Crippen LogP contribution in [0.3, 0.4) is 0 Å². The number of nitrogens with zero attached hydrogens (tertiary/aromatic N) is 4. The lowest BCUT2D eigenvalue weighted by atomic mass is 9.96. The number of rotatable bonds is 2. The number of carbonyl (C=O) groups is 1. The summed E-state index contributed by atoms with van der Waals surface area (Å²) in [7, 11) is 0. The van der Waals surface area contributed by atoms with Crippen molar-refractivity contribution in [3.05, 3.63) is 17.3 Å². The third-order valence-electron chi connectivity index (χ3n) is 4.27. The Morgan fingerprint density at radius 2 is 2.18 bits per heavy atom. The number of carbonyl (C=O) groups excluding carboxylic acids is 1. The summed E-state index contributed by atoms with van der Waals surface area (Å²) >= 11 is 5.78. The monoisotopic (exact) mass is 324 g/mol. The SMILES string of the molecule is C[C@H]1CN(C(=O)[C@H]2CCCN(c3ccc(Cl)nn3)C2)CCO1. The van der Waals surface area contributed by atoms with E-state index in [0.29, 0.717) is 31.4 Å². The molecule has 0 N–H and O–H groups in total. The van der Waals surface area contributed by atoms with Crippen molar-refractivity contribution in [3.8, 4) is 0 Å². The molecule has 7 heteroatoms. The molecule has 0 radical (unpaired) electrons. The highest BCUT2D eigenvalue weighted by Crippen LogP contribution is 2.24. The topological polar surface area (TPSA) is 58.6 Å². The Morgan fingerprint density at radius 1 is 1.32 bits per heavy atom. The number of aromatic nitrogens is 2. The number of halogens is 1. The van der Waals surface area contributed by atoms with Gasteiger partial charge in [0, 0.05) is 26.2 Å². The lowest BCUT2D eigenvalue weighted by molar-refractivity contribution is -0.142. The van der Waals surface area contributed by atoms with Gasteiger partial charge >= 0.3 is 0 Å². The molecule has 2 saturated heterocycles. The largest absolute Gasteiger partial charge is 0.375 e. The molecular weight excluding hydrogens is 304 g/mol. The van der Waals surface area contributed by atoms with Crippen LogP contribution in [0, 0.1) is 5.92 Å². The van der Waals surface area contributed by atoms with Gasteiger partial charge in [-0.05, 0) is 31.9 Å². The minimum atomic E-state index is 0.0246. The van der Waals surface area contributed by atoms with Gasteiger partial charge in [-0.15, -0.1) is 10.2 Å². The molecule has 1 aromatic rings. The third-order valence-corrected chi connectivity index (χ3v) is 4.47. The summed E-state index contributed by atoms with van der Waals surface area (Å²) in [6.45, 7) is 5.62. The highest BCUT2D eigenvalue weighted by Gasteiger charge is 2.31. The van der Waals surface area contributed by atoms with Gasteiger partial charge < -0.3 is 14.5 Å². The molecule has 3 rings (SSSR count). The fourth-order valence-corrected chi connectivity index (χ4v) is 3.24. The van der Waals surface area contributed by atoms with E-state index >= 15 is 0 Å². The molecule has 0 aliphatic carbocycles. The number of hydrogen-bond acceptors (Lipinski definition) is 5. The minimum absolute atomic E-state index is 0.0246. The van der Waals surface area contributed by atoms with Crippen LogP contribution in [0.1, 0.15) is 19.8 Å². The van der Waals surface area contributed by atoms with Gasteiger partial charge in [-0.25, -0.2) is 0 Å². The van der Waals surface area contributed by atoms with Crippen molar-refractivity contribution in [1.29, 1.82) is 0 Å². The smallest absolute Gasteiger partial charge is 0.227 e. The first-order valence-corrected chi connectivity index (χ1v) is 8.16. The fourth-order valence-electron chi connectivity index (χ4n) is 3.14. The molecule has 6 nitrogen and oxygen atoms in total. The summed E-state index contributed by atoms with van der Waals surface area (Å²) in [5.41, 5.74) is 0. The molecule has 2 fully saturated rings. The van der Waals surface area contributed by atoms with Gasteiger partial charge in [0.15, 0.2) is 11.0 Å². The predicted molar refractivity (Wildman–Crippen MR) is 84.0 cm³/mol. The molecule has 0 aromatic carbocycles. The van der Waals surface area contributed by atoms with Crippen LogP contribution >= 0.6 is 11.6 Å². The maximum atomic E-state index is 12.7. The Balaban J connectivity index is 1.64. The van der Waals surface area contributed by atoms with E-state index < -0.39 is 0 Å². The fraction of sp³-hybridized carbons (Fsp3) is 0.667. The minimum Gasteiger partial charge on any atom is -0.375 e. The van der Waals surface area contributed by atoms with Crippen LogP contribution in [0.4, 0.5) is 5.82 Å². The van der Waals surface area contributed by atoms with Crippen LogP contribution in [-0.2, 0) is 9.53 Å². The van der Waals surface area contributed by atoms with Crippen LogP contribution in [0.2, 0.25) is 5.15 Å². The maximum Gasteiger partial charge on any atom is 0.227 e. The molecule has 0 bridgehead atoms. The van der Waals surface area contributed by atoms with E-state index in [9.17, 15) is 4.79 Å². The second-order valence-corrected chi connectivity index (χ2v) is 6.35. The van der Waals surface area contributed by atoms with Crippen LogP contribution in [0.5, 0.6) is 0 Å². The van der Waals surface area contributed by atoms with Gasteiger partial charge in [0.05, 0.1) is 18.6 Å². The maximum absolute atomic E-state index is 12.7. The molecule has 120 valence electrons. The highest BCUT2D eigenvalue weighted by molar-refractivity contribution is 6.29. The zero-order chi connectivity index (χ0) is 15.5. The van der Waals surface area contributed by atoms with Crippen LogP contribution in [-0.4, -0.2) is 59.9 Å². The summed E-state index contributed by atoms with van der Waals surface area (Å²) in [5.74, 6) is 1.05. The zero-order valence-corrected chi connectivity index (χ0v) is 13.5. The van der Waals surface area contributed by atoms with Crippen molar-refractivity contribution in [1.82, 2.24) is 15.1 Å². The van der Waals surface area contributed by atoms with Crippen molar-refractivity contribution in [3.63, 3.8) is 0 Å². The lowest BCUT2D eigenvalue weighted by Crippen LogP contribution is -2.50. The highest BCUT2D eigenvalue weighted by atomic mass is 35.5. The van der Waals surface area contributed by atoms with Crippen molar-refractivity contribution >= 4 is 23.3 Å². The molecule has 1 amide bonds. The molecule has 22 heavy (non-hydrogen) atoms. The average Bonchev–Trinajstić information content (AvgIpc) is 2.55. The summed E-state index contributed by atoms with van der Waals surface area (Å²) in [4.78, 5) is 16.8. The summed E-state index contributed by atoms with van der Waals surface area (Å²) < 4.78 is 5.51. The quantitative estimate of drug-likeness (QED) is 0.827. The van der Waals surface area contributed by atoms with Crippen molar-refractivity contribution < 1.29 is 9.53 Å². The Labute approximate surface area is 135 Å². The Bertz CT molecular complexity index is 525. The van der Waals surface area contributed by atoms with Crippen molar-refractivity contribution in [2.24, 2.45) is 5.92 Å². The Morgan fingerprint density at radius 3 is 2.91 bits per heavy atom. The summed E-state index contributed by atoms with van der Waals surface area (Å²) in [6, 6.07) is 3.60. The van der Waals surface area contributed by atoms with Crippen LogP contribution in [0.25, 0.3) is 0 Å². The Hall–Kier alpha value is -1.40. The van der Waals surface area contributed by atoms with Gasteiger partial charge in [-0.2, -0.15) is 0 Å². The molecule has 2 aliphatic rings. The molecular formula is C15H21ClN4O2. The van der Waals surface area contributed by atoms with Gasteiger partial charge in [-0.1, -0.05) is 11.6 Å². The van der Waals surface area contributed by atoms with Crippen molar-refractivity contribution in [2.75, 3.05) is 37.7 Å². The number of piperidine rings is 1. The van der Waals surface area contributed by atoms with E-state index in [2.05, 4.69) is 15.1 Å². The molecule has 3 heterocycles. The summed E-state index contributed by atoms with van der Waals surface area (Å²) in [5, 5.41) is 8.39. The molecule has 1 aromatic heterocycles. The average molecular weight is 325 g/mol. The number of hydrogen-bond donors (Lipinski definition) is 0. The van der Waals surface area contributed by atoms with Crippen LogP contribution in [0.15, 0.2) is 12.1 Å². The van der Waals surface area contributed by atoms with Crippen molar-refractivity contribution in [2.45, 2.75) is 25.9 Å². The molecule has 0 saturated carbocycles. The third kappa shape index (κ3) is 3.50. The van der Waals surface area contributed by atoms with Crippen LogP contribution < -0.4 is 4.90 Å². The van der Waals surface area contributed by atoms with Gasteiger partial charge in [0.2, 0.25) is 5.91 Å². The second kappa shape index (κ2) is 6.79. The lowest BCUT2D eigenvalue weighted by Gasteiger charge is -2.37. The number of amides is 1. The normalized spacial score (nSPS) is 26.1. The Kier molecular flexibility index (Phi) is 4.78. The van der Waals surface area contributed by atoms with E-state index in [1.165, 1.54) is 0 Å². The van der Waals surface area contributed by atoms with E-state index in [0.717, 1.165) is 25.2 Å². The zero-order valence-electron chi connectivity index (χ0n) is 12.7.